The molecule has 1 nitrogen and oxygen atoms in total. The largest absolute Gasteiger partial charge is 0.320 e. The summed E-state index contributed by atoms with van der Waals surface area (Å²) in [4.78, 5) is 0. The molecule has 1 fully saturated rings. The first kappa shape index (κ1) is 11.1. The van der Waals surface area contributed by atoms with E-state index in [4.69, 9.17) is 5.73 Å². The fourth-order valence-electron chi connectivity index (χ4n) is 1.43. The average Bonchev–Trinajstić information content (AvgIpc) is 1.89. The fraction of sp³-hybridized carbons (Fsp3) is 1.00. The van der Waals surface area contributed by atoms with Gasteiger partial charge in [0.2, 0.25) is 0 Å². The average molecular weight is 186 g/mol. The van der Waals surface area contributed by atoms with E-state index >= 15 is 0 Å². The molecule has 0 amide bonds. The molecule has 0 bridgehead atoms. The van der Waals surface area contributed by atoms with Crippen LogP contribution in [0.25, 0.3) is 0 Å². The van der Waals surface area contributed by atoms with Crippen molar-refractivity contribution in [1.82, 2.24) is 0 Å². The van der Waals surface area contributed by atoms with E-state index in [2.05, 4.69) is 0 Å². The van der Waals surface area contributed by atoms with Crippen LogP contribution < -0.4 is 5.73 Å². The van der Waals surface area contributed by atoms with Crippen LogP contribution in [0.5, 0.6) is 0 Å². The van der Waals surface area contributed by atoms with E-state index in [9.17, 15) is 8.78 Å². The quantitative estimate of drug-likeness (QED) is 0.667. The number of halogens is 3. The minimum atomic E-state index is -2.34. The van der Waals surface area contributed by atoms with E-state index in [1.807, 2.05) is 0 Å². The molecule has 0 aliphatic heterocycles. The van der Waals surface area contributed by atoms with E-state index in [-0.39, 0.29) is 12.4 Å². The van der Waals surface area contributed by atoms with Gasteiger partial charge in [-0.25, -0.2) is 8.78 Å². The fourth-order valence-corrected chi connectivity index (χ4v) is 1.43. The van der Waals surface area contributed by atoms with Crippen LogP contribution >= 0.6 is 12.4 Å². The van der Waals surface area contributed by atoms with Crippen molar-refractivity contribution in [2.75, 3.05) is 0 Å². The molecule has 0 aromatic heterocycles. The zero-order chi connectivity index (χ0) is 7.61. The number of alkyl halides is 2. The molecular formula is C7H14ClF2N. The van der Waals surface area contributed by atoms with Crippen LogP contribution in [0.1, 0.15) is 32.1 Å². The zero-order valence-corrected chi connectivity index (χ0v) is 7.17. The van der Waals surface area contributed by atoms with Gasteiger partial charge in [-0.3, -0.25) is 0 Å². The number of hydrogen-bond donors (Lipinski definition) is 1. The number of rotatable bonds is 1. The summed E-state index contributed by atoms with van der Waals surface area (Å²) in [5, 5.41) is 0. The molecule has 1 aliphatic rings. The second-order valence-corrected chi connectivity index (χ2v) is 3.09. The normalized spacial score (nSPS) is 22.9. The van der Waals surface area contributed by atoms with Crippen molar-refractivity contribution in [3.63, 3.8) is 0 Å². The Labute approximate surface area is 71.7 Å². The van der Waals surface area contributed by atoms with Crippen molar-refractivity contribution in [2.24, 2.45) is 5.73 Å². The highest BCUT2D eigenvalue weighted by Crippen LogP contribution is 2.30. The summed E-state index contributed by atoms with van der Waals surface area (Å²) in [6.45, 7) is 0. The van der Waals surface area contributed by atoms with Gasteiger partial charge in [-0.1, -0.05) is 19.3 Å². The smallest absolute Gasteiger partial charge is 0.256 e. The van der Waals surface area contributed by atoms with Gasteiger partial charge in [0, 0.05) is 0 Å². The molecule has 68 valence electrons. The standard InChI is InChI=1S/C7H13F2N.ClH/c8-6(9)7(10)4-2-1-3-5-7;/h6H,1-5,10H2;1H. The van der Waals surface area contributed by atoms with E-state index in [1.165, 1.54) is 0 Å². The Hall–Kier alpha value is 0.110. The topological polar surface area (TPSA) is 26.0 Å². The van der Waals surface area contributed by atoms with Crippen molar-refractivity contribution in [1.29, 1.82) is 0 Å². The van der Waals surface area contributed by atoms with Crippen molar-refractivity contribution in [2.45, 2.75) is 44.1 Å². The van der Waals surface area contributed by atoms with Crippen LogP contribution in [0.15, 0.2) is 0 Å². The zero-order valence-electron chi connectivity index (χ0n) is 6.35. The monoisotopic (exact) mass is 185 g/mol. The number of nitrogens with two attached hydrogens (primary N) is 1. The van der Waals surface area contributed by atoms with Gasteiger partial charge in [0.05, 0.1) is 5.54 Å². The van der Waals surface area contributed by atoms with Crippen LogP contribution in [0, 0.1) is 0 Å². The highest BCUT2D eigenvalue weighted by molar-refractivity contribution is 5.85. The molecule has 0 aromatic rings. The SMILES string of the molecule is Cl.NC1(C(F)F)CCCCC1. The molecule has 2 N–H and O–H groups in total. The van der Waals surface area contributed by atoms with Crippen LogP contribution in [0.4, 0.5) is 8.78 Å². The van der Waals surface area contributed by atoms with Gasteiger partial charge in [-0.2, -0.15) is 0 Å². The summed E-state index contributed by atoms with van der Waals surface area (Å²) in [7, 11) is 0. The van der Waals surface area contributed by atoms with E-state index in [0.29, 0.717) is 12.8 Å². The maximum Gasteiger partial charge on any atom is 0.256 e. The predicted molar refractivity (Wildman–Crippen MR) is 43.3 cm³/mol. The summed E-state index contributed by atoms with van der Waals surface area (Å²) in [5.74, 6) is 0. The first-order valence-electron chi connectivity index (χ1n) is 3.72. The minimum Gasteiger partial charge on any atom is -0.320 e. The van der Waals surface area contributed by atoms with Gasteiger partial charge in [0.1, 0.15) is 0 Å². The minimum absolute atomic E-state index is 0. The molecular weight excluding hydrogens is 172 g/mol. The Kier molecular flexibility index (Phi) is 4.26. The second kappa shape index (κ2) is 4.21. The van der Waals surface area contributed by atoms with Gasteiger partial charge in [-0.15, -0.1) is 12.4 Å². The molecule has 0 atom stereocenters. The van der Waals surface area contributed by atoms with E-state index < -0.39 is 12.0 Å². The lowest BCUT2D eigenvalue weighted by Gasteiger charge is -2.32. The summed E-state index contributed by atoms with van der Waals surface area (Å²) < 4.78 is 24.4. The van der Waals surface area contributed by atoms with Crippen molar-refractivity contribution < 1.29 is 8.78 Å². The lowest BCUT2D eigenvalue weighted by atomic mass is 9.83. The lowest BCUT2D eigenvalue weighted by molar-refractivity contribution is 0.0315. The molecule has 1 rings (SSSR count). The van der Waals surface area contributed by atoms with E-state index in [1.54, 1.807) is 0 Å². The van der Waals surface area contributed by atoms with Gasteiger partial charge >= 0.3 is 0 Å². The lowest BCUT2D eigenvalue weighted by Crippen LogP contribution is -2.48. The molecule has 1 saturated carbocycles. The van der Waals surface area contributed by atoms with Crippen LogP contribution in [0.3, 0.4) is 0 Å². The highest BCUT2D eigenvalue weighted by Gasteiger charge is 2.36. The molecule has 0 spiro atoms. The molecule has 11 heavy (non-hydrogen) atoms. The summed E-state index contributed by atoms with van der Waals surface area (Å²) in [5.41, 5.74) is 4.30. The molecule has 0 radical (unpaired) electrons. The maximum atomic E-state index is 12.2. The van der Waals surface area contributed by atoms with Crippen LogP contribution in [-0.2, 0) is 0 Å². The van der Waals surface area contributed by atoms with Gasteiger partial charge in [-0.05, 0) is 12.8 Å². The highest BCUT2D eigenvalue weighted by atomic mass is 35.5. The first-order chi connectivity index (χ1) is 4.65. The van der Waals surface area contributed by atoms with Crippen LogP contribution in [-0.4, -0.2) is 12.0 Å². The third-order valence-corrected chi connectivity index (χ3v) is 2.22. The second-order valence-electron chi connectivity index (χ2n) is 3.09. The third kappa shape index (κ3) is 2.56. The third-order valence-electron chi connectivity index (χ3n) is 2.22. The van der Waals surface area contributed by atoms with Crippen molar-refractivity contribution in [3.8, 4) is 0 Å². The van der Waals surface area contributed by atoms with Gasteiger partial charge < -0.3 is 5.73 Å². The van der Waals surface area contributed by atoms with Crippen LogP contribution in [0.2, 0.25) is 0 Å². The maximum absolute atomic E-state index is 12.2. The molecule has 0 saturated heterocycles. The summed E-state index contributed by atoms with van der Waals surface area (Å²) in [6, 6.07) is 0. The van der Waals surface area contributed by atoms with Gasteiger partial charge in [0.15, 0.2) is 0 Å². The van der Waals surface area contributed by atoms with Gasteiger partial charge in [0.25, 0.3) is 6.43 Å². The Morgan fingerprint density at radius 2 is 1.55 bits per heavy atom. The molecule has 0 unspecified atom stereocenters. The predicted octanol–water partition coefficient (Wildman–Crippen LogP) is 2.33. The Balaban J connectivity index is 0.000001000. The van der Waals surface area contributed by atoms with Crippen molar-refractivity contribution >= 4 is 12.4 Å². The summed E-state index contributed by atoms with van der Waals surface area (Å²) >= 11 is 0. The summed E-state index contributed by atoms with van der Waals surface area (Å²) in [6.07, 6.45) is 1.43. The van der Waals surface area contributed by atoms with E-state index in [0.717, 1.165) is 19.3 Å². The molecule has 0 heterocycles. The first-order valence-corrected chi connectivity index (χ1v) is 3.72. The molecule has 0 aromatic carbocycles. The van der Waals surface area contributed by atoms with Crippen molar-refractivity contribution in [3.05, 3.63) is 0 Å². The Morgan fingerprint density at radius 1 is 1.09 bits per heavy atom. The Bertz CT molecular complexity index is 113. The molecule has 4 heteroatoms. The Morgan fingerprint density at radius 3 is 1.82 bits per heavy atom. The molecule has 1 aliphatic carbocycles. The number of hydrogen-bond acceptors (Lipinski definition) is 1.